The summed E-state index contributed by atoms with van der Waals surface area (Å²) in [4.78, 5) is 0.237. The first kappa shape index (κ1) is 19.6. The van der Waals surface area contributed by atoms with Crippen LogP contribution in [0.3, 0.4) is 0 Å². The number of hydrogen-bond donors (Lipinski definition) is 0. The minimum atomic E-state index is -3.63. The fourth-order valence-electron chi connectivity index (χ4n) is 3.68. The molecule has 0 saturated carbocycles. The van der Waals surface area contributed by atoms with Crippen LogP contribution in [0.2, 0.25) is 0 Å². The smallest absolute Gasteiger partial charge is 0.240 e. The van der Waals surface area contributed by atoms with E-state index in [1.54, 1.807) is 15.2 Å². The Balaban J connectivity index is 1.62. The Hall–Kier alpha value is -2.70. The van der Waals surface area contributed by atoms with Gasteiger partial charge in [0.2, 0.25) is 10.0 Å². The van der Waals surface area contributed by atoms with E-state index in [9.17, 15) is 8.42 Å². The number of nitrogens with zero attached hydrogens (tertiary/aromatic N) is 3. The second-order valence-corrected chi connectivity index (χ2v) is 9.15. The highest BCUT2D eigenvalue weighted by Gasteiger charge is 2.32. The van der Waals surface area contributed by atoms with Crippen LogP contribution in [0.1, 0.15) is 31.2 Å². The third-order valence-corrected chi connectivity index (χ3v) is 7.12. The highest BCUT2D eigenvalue weighted by Crippen LogP contribution is 2.26. The van der Waals surface area contributed by atoms with E-state index in [0.717, 1.165) is 36.9 Å². The van der Waals surface area contributed by atoms with Gasteiger partial charge in [-0.1, -0.05) is 73.5 Å². The Labute approximate surface area is 172 Å². The molecule has 0 N–H and O–H groups in total. The zero-order chi connectivity index (χ0) is 20.1. The number of para-hydroxylation sites is 1. The molecule has 0 amide bonds. The van der Waals surface area contributed by atoms with Crippen molar-refractivity contribution in [2.24, 2.45) is 0 Å². The van der Waals surface area contributed by atoms with E-state index < -0.39 is 10.0 Å². The minimum Gasteiger partial charge on any atom is -0.240 e. The molecule has 0 bridgehead atoms. The van der Waals surface area contributed by atoms with Crippen molar-refractivity contribution in [2.75, 3.05) is 6.54 Å². The molecule has 1 aromatic heterocycles. The lowest BCUT2D eigenvalue weighted by atomic mass is 10.1. The fourth-order valence-corrected chi connectivity index (χ4v) is 5.27. The topological polar surface area (TPSA) is 55.2 Å². The molecule has 1 aliphatic heterocycles. The van der Waals surface area contributed by atoms with Crippen molar-refractivity contribution in [3.63, 3.8) is 0 Å². The molecule has 0 spiro atoms. The van der Waals surface area contributed by atoms with Crippen LogP contribution in [0.25, 0.3) is 11.8 Å². The van der Waals surface area contributed by atoms with Crippen LogP contribution in [-0.2, 0) is 10.0 Å². The van der Waals surface area contributed by atoms with Gasteiger partial charge < -0.3 is 0 Å². The fraction of sp³-hybridized carbons (Fsp3) is 0.261. The van der Waals surface area contributed by atoms with Gasteiger partial charge in [0, 0.05) is 12.6 Å². The lowest BCUT2D eigenvalue weighted by molar-refractivity contribution is 0.368. The molecule has 150 valence electrons. The molecule has 29 heavy (non-hydrogen) atoms. The first-order valence-electron chi connectivity index (χ1n) is 10.00. The molecule has 6 heteroatoms. The number of sulfonamides is 1. The van der Waals surface area contributed by atoms with Gasteiger partial charge in [-0.05, 0) is 30.5 Å². The maximum absolute atomic E-state index is 13.4. The predicted molar refractivity (Wildman–Crippen MR) is 115 cm³/mol. The Kier molecular flexibility index (Phi) is 5.92. The van der Waals surface area contributed by atoms with Gasteiger partial charge in [0.05, 0.1) is 18.1 Å². The standard InChI is InChI=1S/C23H25N3O2S/c27-29(28,23-18-24-25(19-23)21-12-6-2-7-13-21)26-17-9-3-8-14-22(26)16-15-20-10-4-1-5-11-20/h1-2,4-7,10-13,15-16,18-19,22H,3,8-9,14,17H2/b16-15+. The summed E-state index contributed by atoms with van der Waals surface area (Å²) < 4.78 is 30.1. The van der Waals surface area contributed by atoms with E-state index in [-0.39, 0.29) is 10.9 Å². The van der Waals surface area contributed by atoms with E-state index in [1.165, 1.54) is 6.20 Å². The molecule has 1 atom stereocenters. The quantitative estimate of drug-likeness (QED) is 0.625. The van der Waals surface area contributed by atoms with Crippen LogP contribution in [0.5, 0.6) is 0 Å². The number of hydrogen-bond acceptors (Lipinski definition) is 3. The van der Waals surface area contributed by atoms with Crippen molar-refractivity contribution in [3.05, 3.63) is 84.7 Å². The average molecular weight is 408 g/mol. The Bertz CT molecular complexity index is 1060. The van der Waals surface area contributed by atoms with E-state index in [1.807, 2.05) is 72.8 Å². The van der Waals surface area contributed by atoms with Crippen LogP contribution < -0.4 is 0 Å². The molecular formula is C23H25N3O2S. The van der Waals surface area contributed by atoms with E-state index in [4.69, 9.17) is 0 Å². The Morgan fingerprint density at radius 1 is 0.931 bits per heavy atom. The minimum absolute atomic E-state index is 0.150. The number of rotatable bonds is 5. The van der Waals surface area contributed by atoms with E-state index >= 15 is 0 Å². The maximum atomic E-state index is 13.4. The monoisotopic (exact) mass is 407 g/mol. The summed E-state index contributed by atoms with van der Waals surface area (Å²) >= 11 is 0. The van der Waals surface area contributed by atoms with Crippen LogP contribution >= 0.6 is 0 Å². The highest BCUT2D eigenvalue weighted by atomic mass is 32.2. The Morgan fingerprint density at radius 2 is 1.66 bits per heavy atom. The lowest BCUT2D eigenvalue weighted by Crippen LogP contribution is -2.38. The molecule has 4 rings (SSSR count). The normalized spacial score (nSPS) is 18.7. The molecule has 1 fully saturated rings. The van der Waals surface area contributed by atoms with Crippen LogP contribution in [0.15, 0.2) is 84.0 Å². The van der Waals surface area contributed by atoms with Crippen LogP contribution in [0.4, 0.5) is 0 Å². The highest BCUT2D eigenvalue weighted by molar-refractivity contribution is 7.89. The van der Waals surface area contributed by atoms with Crippen molar-refractivity contribution in [1.82, 2.24) is 14.1 Å². The molecule has 5 nitrogen and oxygen atoms in total. The zero-order valence-corrected chi connectivity index (χ0v) is 17.1. The van der Waals surface area contributed by atoms with Gasteiger partial charge in [-0.2, -0.15) is 9.40 Å². The van der Waals surface area contributed by atoms with Gasteiger partial charge in [-0.25, -0.2) is 13.1 Å². The van der Waals surface area contributed by atoms with Crippen molar-refractivity contribution >= 4 is 16.1 Å². The molecule has 1 saturated heterocycles. The molecule has 1 unspecified atom stereocenters. The lowest BCUT2D eigenvalue weighted by Gasteiger charge is -2.26. The van der Waals surface area contributed by atoms with Crippen molar-refractivity contribution in [2.45, 2.75) is 36.6 Å². The second kappa shape index (κ2) is 8.76. The average Bonchev–Trinajstić information content (AvgIpc) is 3.14. The molecule has 0 aliphatic carbocycles. The summed E-state index contributed by atoms with van der Waals surface area (Å²) in [5.41, 5.74) is 1.91. The molecule has 2 aromatic carbocycles. The summed E-state index contributed by atoms with van der Waals surface area (Å²) in [6.07, 6.45) is 10.9. The predicted octanol–water partition coefficient (Wildman–Crippen LogP) is 4.52. The van der Waals surface area contributed by atoms with Gasteiger partial charge >= 0.3 is 0 Å². The van der Waals surface area contributed by atoms with Gasteiger partial charge in [-0.15, -0.1) is 0 Å². The number of aromatic nitrogens is 2. The van der Waals surface area contributed by atoms with Crippen molar-refractivity contribution < 1.29 is 8.42 Å². The molecule has 1 aliphatic rings. The van der Waals surface area contributed by atoms with Crippen LogP contribution in [0, 0.1) is 0 Å². The summed E-state index contributed by atoms with van der Waals surface area (Å²) in [5, 5.41) is 4.28. The van der Waals surface area contributed by atoms with Crippen molar-refractivity contribution in [1.29, 1.82) is 0 Å². The third kappa shape index (κ3) is 4.49. The third-order valence-electron chi connectivity index (χ3n) is 5.24. The van der Waals surface area contributed by atoms with Gasteiger partial charge in [-0.3, -0.25) is 0 Å². The maximum Gasteiger partial charge on any atom is 0.246 e. The zero-order valence-electron chi connectivity index (χ0n) is 16.3. The number of benzene rings is 2. The molecule has 3 aromatic rings. The van der Waals surface area contributed by atoms with E-state index in [0.29, 0.717) is 6.54 Å². The van der Waals surface area contributed by atoms with Crippen LogP contribution in [-0.4, -0.2) is 35.1 Å². The summed E-state index contributed by atoms with van der Waals surface area (Å²) in [6.45, 7) is 0.530. The first-order valence-corrected chi connectivity index (χ1v) is 11.4. The SMILES string of the molecule is O=S(=O)(c1cnn(-c2ccccc2)c1)N1CCCCCC1/C=C/c1ccccc1. The summed E-state index contributed by atoms with van der Waals surface area (Å²) in [6, 6.07) is 19.4. The first-order chi connectivity index (χ1) is 14.1. The van der Waals surface area contributed by atoms with Crippen molar-refractivity contribution in [3.8, 4) is 5.69 Å². The van der Waals surface area contributed by atoms with Gasteiger partial charge in [0.1, 0.15) is 4.90 Å². The second-order valence-electron chi connectivity index (χ2n) is 7.26. The molecule has 2 heterocycles. The van der Waals surface area contributed by atoms with Gasteiger partial charge in [0.25, 0.3) is 0 Å². The molecular weight excluding hydrogens is 382 g/mol. The summed E-state index contributed by atoms with van der Waals surface area (Å²) in [5.74, 6) is 0. The molecule has 0 radical (unpaired) electrons. The van der Waals surface area contributed by atoms with Gasteiger partial charge in [0.15, 0.2) is 0 Å². The summed E-state index contributed by atoms with van der Waals surface area (Å²) in [7, 11) is -3.63. The Morgan fingerprint density at radius 3 is 2.41 bits per heavy atom. The van der Waals surface area contributed by atoms with E-state index in [2.05, 4.69) is 5.10 Å². The largest absolute Gasteiger partial charge is 0.246 e.